The van der Waals surface area contributed by atoms with Crippen molar-refractivity contribution in [3.8, 4) is 0 Å². The molecule has 1 aromatic carbocycles. The largest absolute Gasteiger partial charge is 0.466 e. The van der Waals surface area contributed by atoms with Crippen LogP contribution >= 0.6 is 0 Å². The van der Waals surface area contributed by atoms with Gasteiger partial charge in [0.25, 0.3) is 11.4 Å². The number of carbonyl (C=O) groups excluding carboxylic acids is 2. The van der Waals surface area contributed by atoms with Gasteiger partial charge < -0.3 is 20.5 Å². The lowest BCUT2D eigenvalue weighted by Crippen LogP contribution is -2.73. The molecule has 1 fully saturated rings. The number of nitro benzene ring substituents is 1. The summed E-state index contributed by atoms with van der Waals surface area (Å²) < 4.78 is 44.9. The van der Waals surface area contributed by atoms with Crippen LogP contribution < -0.4 is 10.6 Å². The number of hydrogen-bond acceptors (Lipinski definition) is 6. The van der Waals surface area contributed by atoms with Gasteiger partial charge in [0.05, 0.1) is 17.6 Å². The van der Waals surface area contributed by atoms with E-state index >= 15 is 0 Å². The molecule has 9 nitrogen and oxygen atoms in total. The average molecular weight is 377 g/mol. The third kappa shape index (κ3) is 3.40. The van der Waals surface area contributed by atoms with Gasteiger partial charge in [-0.05, 0) is 12.5 Å². The van der Waals surface area contributed by atoms with E-state index in [4.69, 9.17) is 0 Å². The molecule has 2 amide bonds. The van der Waals surface area contributed by atoms with E-state index in [-0.39, 0.29) is 17.9 Å². The molecule has 26 heavy (non-hydrogen) atoms. The predicted molar refractivity (Wildman–Crippen MR) is 78.6 cm³/mol. The maximum absolute atomic E-state index is 13.4. The lowest BCUT2D eigenvalue weighted by molar-refractivity contribution is -0.384. The van der Waals surface area contributed by atoms with Crippen LogP contribution in [0.25, 0.3) is 0 Å². The van der Waals surface area contributed by atoms with Crippen LogP contribution in [0.1, 0.15) is 18.5 Å². The number of halogens is 3. The summed E-state index contributed by atoms with van der Waals surface area (Å²) in [4.78, 5) is 33.8. The first kappa shape index (κ1) is 19.4. The number of nitro groups is 1. The van der Waals surface area contributed by atoms with Gasteiger partial charge in [-0.25, -0.2) is 4.79 Å². The van der Waals surface area contributed by atoms with Crippen LogP contribution in [0.4, 0.5) is 23.7 Å². The molecule has 0 radical (unpaired) electrons. The van der Waals surface area contributed by atoms with Crippen LogP contribution in [0.15, 0.2) is 24.3 Å². The Morgan fingerprint density at radius 2 is 1.96 bits per heavy atom. The number of ether oxygens (including phenoxy) is 1. The van der Waals surface area contributed by atoms with Gasteiger partial charge in [-0.3, -0.25) is 14.9 Å². The van der Waals surface area contributed by atoms with Crippen molar-refractivity contribution in [1.29, 1.82) is 0 Å². The van der Waals surface area contributed by atoms with Crippen LogP contribution in [0.3, 0.4) is 0 Å². The summed E-state index contributed by atoms with van der Waals surface area (Å²) in [5, 5.41) is 24.2. The molecular weight excluding hydrogens is 363 g/mol. The van der Waals surface area contributed by atoms with E-state index in [1.54, 1.807) is 0 Å². The second-order valence-corrected chi connectivity index (χ2v) is 5.42. The van der Waals surface area contributed by atoms with Gasteiger partial charge >= 0.3 is 18.2 Å². The third-order valence-corrected chi connectivity index (χ3v) is 3.81. The van der Waals surface area contributed by atoms with Crippen molar-refractivity contribution < 1.29 is 37.5 Å². The van der Waals surface area contributed by atoms with Crippen molar-refractivity contribution in [3.63, 3.8) is 0 Å². The number of amides is 2. The summed E-state index contributed by atoms with van der Waals surface area (Å²) in [7, 11) is 0. The quantitative estimate of drug-likeness (QED) is 0.413. The number of aliphatic hydroxyl groups is 1. The maximum Gasteiger partial charge on any atom is 0.437 e. The van der Waals surface area contributed by atoms with Crippen molar-refractivity contribution >= 4 is 17.7 Å². The minimum absolute atomic E-state index is 0.0498. The summed E-state index contributed by atoms with van der Waals surface area (Å²) in [5.41, 5.74) is -4.27. The number of nitrogens with one attached hydrogen (secondary N) is 2. The van der Waals surface area contributed by atoms with Crippen LogP contribution in [-0.2, 0) is 9.53 Å². The minimum atomic E-state index is -5.39. The van der Waals surface area contributed by atoms with Crippen LogP contribution in [0.2, 0.25) is 0 Å². The van der Waals surface area contributed by atoms with E-state index in [0.717, 1.165) is 24.3 Å². The second-order valence-electron chi connectivity index (χ2n) is 5.42. The van der Waals surface area contributed by atoms with E-state index in [1.807, 2.05) is 0 Å². The SMILES string of the molecule is CCOC(=O)[C@@H]1[C@H](c2ccc([N+](=O)[O-])cc2)NC(=O)N[C@]1(O)C(F)(F)F. The highest BCUT2D eigenvalue weighted by atomic mass is 19.4. The van der Waals surface area contributed by atoms with Gasteiger partial charge in [0.2, 0.25) is 0 Å². The zero-order chi connectivity index (χ0) is 19.7. The number of alkyl halides is 3. The van der Waals surface area contributed by atoms with E-state index in [2.05, 4.69) is 10.1 Å². The number of urea groups is 1. The Hall–Kier alpha value is -2.89. The molecule has 0 aliphatic carbocycles. The maximum atomic E-state index is 13.4. The second kappa shape index (κ2) is 6.78. The van der Waals surface area contributed by atoms with Gasteiger partial charge in [-0.1, -0.05) is 12.1 Å². The number of non-ortho nitro benzene ring substituents is 1. The van der Waals surface area contributed by atoms with Crippen molar-refractivity contribution in [1.82, 2.24) is 10.6 Å². The Kier molecular flexibility index (Phi) is 5.07. The fourth-order valence-electron chi connectivity index (χ4n) is 2.62. The Morgan fingerprint density at radius 3 is 2.42 bits per heavy atom. The van der Waals surface area contributed by atoms with E-state index in [1.165, 1.54) is 12.2 Å². The number of hydrogen-bond donors (Lipinski definition) is 3. The van der Waals surface area contributed by atoms with Crippen molar-refractivity contribution in [2.45, 2.75) is 24.9 Å². The molecule has 1 aliphatic rings. The highest BCUT2D eigenvalue weighted by molar-refractivity contribution is 5.83. The molecule has 0 bridgehead atoms. The molecule has 142 valence electrons. The number of rotatable bonds is 4. The Bertz CT molecular complexity index is 724. The van der Waals surface area contributed by atoms with Crippen molar-refractivity contribution in [2.75, 3.05) is 6.61 Å². The molecule has 12 heteroatoms. The van der Waals surface area contributed by atoms with Gasteiger partial charge in [0.1, 0.15) is 5.92 Å². The fourth-order valence-corrected chi connectivity index (χ4v) is 2.62. The first-order chi connectivity index (χ1) is 12.0. The molecule has 0 saturated carbocycles. The summed E-state index contributed by atoms with van der Waals surface area (Å²) >= 11 is 0. The number of esters is 1. The minimum Gasteiger partial charge on any atom is -0.466 e. The smallest absolute Gasteiger partial charge is 0.437 e. The molecule has 0 spiro atoms. The summed E-state index contributed by atoms with van der Waals surface area (Å²) in [6.07, 6.45) is -5.39. The molecule has 2 rings (SSSR count). The Morgan fingerprint density at radius 1 is 1.38 bits per heavy atom. The highest BCUT2D eigenvalue weighted by Crippen LogP contribution is 2.43. The topological polar surface area (TPSA) is 131 Å². The first-order valence-electron chi connectivity index (χ1n) is 7.30. The molecule has 1 aliphatic heterocycles. The molecule has 1 saturated heterocycles. The summed E-state index contributed by atoms with van der Waals surface area (Å²) in [5.74, 6) is -3.68. The number of nitrogens with zero attached hydrogens (tertiary/aromatic N) is 1. The number of benzene rings is 1. The predicted octanol–water partition coefficient (Wildman–Crippen LogP) is 1.38. The van der Waals surface area contributed by atoms with E-state index in [0.29, 0.717) is 0 Å². The Labute approximate surface area is 144 Å². The lowest BCUT2D eigenvalue weighted by atomic mass is 9.82. The molecule has 1 aromatic rings. The van der Waals surface area contributed by atoms with E-state index in [9.17, 15) is 38.0 Å². The summed E-state index contributed by atoms with van der Waals surface area (Å²) in [6.45, 7) is 1.10. The zero-order valence-corrected chi connectivity index (χ0v) is 13.2. The lowest BCUT2D eigenvalue weighted by Gasteiger charge is -2.44. The fraction of sp³-hybridized carbons (Fsp3) is 0.429. The zero-order valence-electron chi connectivity index (χ0n) is 13.2. The van der Waals surface area contributed by atoms with Gasteiger partial charge in [0, 0.05) is 12.1 Å². The number of carbonyl (C=O) groups is 2. The van der Waals surface area contributed by atoms with E-state index < -0.39 is 40.8 Å². The molecule has 1 heterocycles. The van der Waals surface area contributed by atoms with Crippen LogP contribution in [0.5, 0.6) is 0 Å². The van der Waals surface area contributed by atoms with Crippen LogP contribution in [0, 0.1) is 16.0 Å². The summed E-state index contributed by atoms with van der Waals surface area (Å²) in [6, 6.07) is 1.16. The van der Waals surface area contributed by atoms with Crippen molar-refractivity contribution in [2.24, 2.45) is 5.92 Å². The third-order valence-electron chi connectivity index (χ3n) is 3.81. The average Bonchev–Trinajstić information content (AvgIpc) is 2.53. The molecule has 0 aromatic heterocycles. The molecular formula is C14H14F3N3O6. The highest BCUT2D eigenvalue weighted by Gasteiger charge is 2.67. The van der Waals surface area contributed by atoms with Gasteiger partial charge in [-0.2, -0.15) is 13.2 Å². The molecule has 3 N–H and O–H groups in total. The van der Waals surface area contributed by atoms with Crippen molar-refractivity contribution in [3.05, 3.63) is 39.9 Å². The monoisotopic (exact) mass is 377 g/mol. The standard InChI is InChI=1S/C14H14F3N3O6/c1-2-26-11(21)9-10(7-3-5-8(6-4-7)20(24)25)18-12(22)19-13(9,23)14(15,16)17/h3-6,9-10,23H,2H2,1H3,(H2,18,19,22)/t9-,10-,13+/m0/s1. The normalized spacial score (nSPS) is 25.8. The van der Waals surface area contributed by atoms with Gasteiger partial charge in [-0.15, -0.1) is 0 Å². The van der Waals surface area contributed by atoms with Crippen LogP contribution in [-0.4, -0.2) is 40.5 Å². The van der Waals surface area contributed by atoms with Gasteiger partial charge in [0.15, 0.2) is 0 Å². The Balaban J connectivity index is 2.54. The molecule has 0 unspecified atom stereocenters. The first-order valence-corrected chi connectivity index (χ1v) is 7.30. The molecule has 3 atom stereocenters.